The van der Waals surface area contributed by atoms with Gasteiger partial charge in [-0.3, -0.25) is 0 Å². The second-order valence-electron chi connectivity index (χ2n) is 51.4. The van der Waals surface area contributed by atoms with E-state index in [0.717, 1.165) is 90.5 Å². The quantitative estimate of drug-likeness (QED) is 0.0444. The lowest BCUT2D eigenvalue weighted by atomic mass is 9.99. The summed E-state index contributed by atoms with van der Waals surface area (Å²) in [4.78, 5) is 0. The minimum absolute atomic E-state index is 0.275. The average molecular weight is 2160 g/mol. The van der Waals surface area contributed by atoms with E-state index >= 15 is 0 Å². The van der Waals surface area contributed by atoms with Crippen molar-refractivity contribution in [1.82, 2.24) is 0 Å². The molecule has 16 aliphatic carbocycles. The van der Waals surface area contributed by atoms with Crippen molar-refractivity contribution in [1.29, 1.82) is 0 Å². The Morgan fingerprint density at radius 3 is 0.235 bits per heavy atom. The first-order chi connectivity index (χ1) is 67.1. The van der Waals surface area contributed by atoms with E-state index in [1.54, 1.807) is 0 Å². The number of hydrogen-bond donors (Lipinski definition) is 0. The fourth-order valence-electron chi connectivity index (χ4n) is 36.0. The van der Waals surface area contributed by atoms with Gasteiger partial charge >= 0.3 is 64.6 Å². The first-order valence-electron chi connectivity index (χ1n) is 62.8. The lowest BCUT2D eigenvalue weighted by molar-refractivity contribution is 0.126. The van der Waals surface area contributed by atoms with E-state index in [9.17, 15) is 32.9 Å². The lowest BCUT2D eigenvalue weighted by Gasteiger charge is -2.77. The minimum Gasteiger partial charge on any atom is -0.414 e. The third-order valence-corrected chi connectivity index (χ3v) is 143. The zero-order valence-electron chi connectivity index (χ0n) is 88.0. The largest absolute Gasteiger partial charge is 0.414 e. The average Bonchev–Trinajstić information content (AvgIpc) is 0.629. The standard InChI is InChI=1S/C112H208O8P8Si8/c1-17-49-97(50-18-1)121(98-51-19-2-20-52-98)81-89-129-113-131(91-83-123(101-57-25-5-26-58-101)102-59-27-6-28-60-102)117-135(95-87-127(109-73-41-13-42-74-109)110-75-43-14-44-76-110)118-132(114-129,92-84-124(103-61-29-7-30-62-103)104-63-31-8-32-64-104)134(94-86-126(107-69-37-11-38-70-107)108-71-39-12-40-72-108)116-130(129,90-82-122(99-53-21-3-22-54-99)100-55-23-4-24-56-100)115-133(131,93-85-125(105-65-33-9-34-66-105)106-67-35-10-36-68-106)119-136(135,120-134)96-88-128(111-77-45-15-46-78-111)112-79-47-16-48-80-112/h97-112H,1-96H2. The molecule has 20 aliphatic rings. The van der Waals surface area contributed by atoms with Crippen LogP contribution in [0.2, 0.25) is 48.4 Å². The Kier molecular flexibility index (Phi) is 40.3. The van der Waals surface area contributed by atoms with Gasteiger partial charge in [-0.05, 0) is 394 Å². The zero-order chi connectivity index (χ0) is 91.4. The second kappa shape index (κ2) is 51.5. The van der Waals surface area contributed by atoms with Crippen LogP contribution in [-0.4, -0.2) is 204 Å². The minimum atomic E-state index is -3.80. The first-order valence-corrected chi connectivity index (χ1v) is 96.3. The fourth-order valence-corrected chi connectivity index (χ4v) is 192. The zero-order valence-corrected chi connectivity index (χ0v) is 103. The summed E-state index contributed by atoms with van der Waals surface area (Å²) in [6.45, 7) is 0. The molecule has 776 valence electrons. The van der Waals surface area contributed by atoms with Gasteiger partial charge in [-0.25, -0.2) is 0 Å². The molecular weight excluding hydrogens is 1950 g/mol. The fraction of sp³-hybridized carbons (Fsp3) is 1.00. The van der Waals surface area contributed by atoms with Gasteiger partial charge in [0, 0.05) is 0 Å². The summed E-state index contributed by atoms with van der Waals surface area (Å²) < 4.78 is 86.5. The summed E-state index contributed by atoms with van der Waals surface area (Å²) in [6.07, 6.45) is 130. The molecule has 0 aromatic heterocycles. The molecule has 0 aromatic carbocycles. The summed E-state index contributed by atoms with van der Waals surface area (Å²) in [7, 11) is -32.6. The predicted octanol–water partition coefficient (Wildman–Crippen LogP) is 37.2. The summed E-state index contributed by atoms with van der Waals surface area (Å²) in [5.74, 6) is 0. The van der Waals surface area contributed by atoms with Gasteiger partial charge in [-0.2, -0.15) is 0 Å². The van der Waals surface area contributed by atoms with Crippen LogP contribution in [0.4, 0.5) is 0 Å². The maximum Gasteiger partial charge on any atom is 0.365 e. The molecule has 4 heterocycles. The predicted molar refractivity (Wildman–Crippen MR) is 617 cm³/mol. The van der Waals surface area contributed by atoms with Crippen LogP contribution in [0.3, 0.4) is 0 Å². The molecule has 0 bridgehead atoms. The van der Waals surface area contributed by atoms with Gasteiger partial charge in [0.1, 0.15) is 0 Å². The van der Waals surface area contributed by atoms with Crippen LogP contribution >= 0.6 is 63.4 Å². The molecule has 20 fully saturated rings. The molecule has 4 aliphatic heterocycles. The van der Waals surface area contributed by atoms with E-state index in [4.69, 9.17) is 0 Å². The van der Waals surface area contributed by atoms with E-state index in [0.29, 0.717) is 0 Å². The summed E-state index contributed by atoms with van der Waals surface area (Å²) >= 11 is 0. The van der Waals surface area contributed by atoms with E-state index in [1.807, 2.05) is 0 Å². The van der Waals surface area contributed by atoms with Crippen LogP contribution in [0.5, 0.6) is 0 Å². The molecule has 8 nitrogen and oxygen atoms in total. The first kappa shape index (κ1) is 106. The van der Waals surface area contributed by atoms with E-state index in [-0.39, 0.29) is 63.4 Å². The molecule has 24 heteroatoms. The maximum atomic E-state index is 10.8. The highest BCUT2D eigenvalue weighted by Gasteiger charge is 2.98. The van der Waals surface area contributed by atoms with E-state index < -0.39 is 64.6 Å². The number of fused-ring (bicyclic) bond motifs is 4. The summed E-state index contributed by atoms with van der Waals surface area (Å²) in [5.41, 5.74) is 14.3. The van der Waals surface area contributed by atoms with E-state index in [1.165, 1.54) is 611 Å². The molecular formula is C112H208O8P8Si8. The van der Waals surface area contributed by atoms with Crippen molar-refractivity contribution in [2.75, 3.05) is 49.3 Å². The molecule has 0 unspecified atom stereocenters. The number of rotatable bonds is 40. The van der Waals surface area contributed by atoms with Gasteiger partial charge in [0.05, 0.1) is 0 Å². The third-order valence-electron chi connectivity index (χ3n) is 43.3. The highest BCUT2D eigenvalue weighted by atomic mass is 31.1. The molecule has 0 amide bonds. The lowest BCUT2D eigenvalue weighted by Crippen LogP contribution is -3.06. The Morgan fingerprint density at radius 2 is 0.169 bits per heavy atom. The van der Waals surface area contributed by atoms with Gasteiger partial charge in [0.2, 0.25) is 0 Å². The molecule has 0 atom stereocenters. The van der Waals surface area contributed by atoms with Crippen molar-refractivity contribution in [2.24, 2.45) is 0 Å². The van der Waals surface area contributed by atoms with E-state index in [2.05, 4.69) is 0 Å². The molecule has 20 rings (SSSR count). The Bertz CT molecular complexity index is 2680. The Morgan fingerprint density at radius 1 is 0.103 bits per heavy atom. The monoisotopic (exact) mass is 2150 g/mol. The molecule has 0 aromatic rings. The van der Waals surface area contributed by atoms with Crippen molar-refractivity contribution < 1.29 is 32.9 Å². The van der Waals surface area contributed by atoms with Crippen LogP contribution in [0.25, 0.3) is 0 Å². The van der Waals surface area contributed by atoms with Crippen LogP contribution in [0.1, 0.15) is 514 Å². The van der Waals surface area contributed by atoms with Crippen LogP contribution in [0, 0.1) is 0 Å². The highest BCUT2D eigenvalue weighted by molar-refractivity contribution is 7.66. The third kappa shape index (κ3) is 24.4. The molecule has 0 radical (unpaired) electrons. The van der Waals surface area contributed by atoms with Crippen molar-refractivity contribution >= 4 is 128 Å². The van der Waals surface area contributed by atoms with Crippen molar-refractivity contribution in [3.05, 3.63) is 0 Å². The van der Waals surface area contributed by atoms with Gasteiger partial charge < -0.3 is 32.9 Å². The van der Waals surface area contributed by atoms with Crippen molar-refractivity contribution in [3.8, 4) is 0 Å². The Balaban J connectivity index is 0.840. The number of hydrogen-bond acceptors (Lipinski definition) is 8. The van der Waals surface area contributed by atoms with Crippen LogP contribution in [0.15, 0.2) is 0 Å². The van der Waals surface area contributed by atoms with Crippen LogP contribution < -0.4 is 0 Å². The maximum absolute atomic E-state index is 10.8. The second-order valence-corrected chi connectivity index (χ2v) is 116. The van der Waals surface area contributed by atoms with Crippen molar-refractivity contribution in [3.63, 3.8) is 0 Å². The SMILES string of the molecule is C1CCC(P(CC[Si]23O[Si]4(CCP(C5CCCCC5)C5CCCCC5)O[Si]5(CCP(C6CCCCC6)C6CCCCC6)O[Si](CCP(C6CCCCC6)C6CCCCC6)(O2)[Si]2(CCP(C6CCCCC6)C6CCCCC6)O[Si]3(CCP(C3CCCCC3)C3CCCCC3)O[Si]4(CCP(C3CCCCC3)C3CCCCC3)O[Si]5(CCP(C3CCCCC3)C3CCCCC3)O2)C2CCCCC2)CC1. The summed E-state index contributed by atoms with van der Waals surface area (Å²) in [5, 5.41) is 0. The normalized spacial score (nSPS) is 36.2. The Hall–Kier alpha value is 4.86. The van der Waals surface area contributed by atoms with Crippen molar-refractivity contribution in [2.45, 2.75) is 653 Å². The van der Waals surface area contributed by atoms with Gasteiger partial charge in [-0.1, -0.05) is 308 Å². The molecule has 4 saturated heterocycles. The van der Waals surface area contributed by atoms with Gasteiger partial charge in [0.15, 0.2) is 0 Å². The Labute approximate surface area is 855 Å². The van der Waals surface area contributed by atoms with Gasteiger partial charge in [0.25, 0.3) is 0 Å². The molecule has 136 heavy (non-hydrogen) atoms. The molecule has 16 saturated carbocycles. The smallest absolute Gasteiger partial charge is 0.365 e. The summed E-state index contributed by atoms with van der Waals surface area (Å²) in [6, 6.07) is 9.45. The van der Waals surface area contributed by atoms with Crippen LogP contribution in [-0.2, 0) is 32.9 Å². The highest BCUT2D eigenvalue weighted by Crippen LogP contribution is 2.74. The molecule has 0 N–H and O–H groups in total. The van der Waals surface area contributed by atoms with Gasteiger partial charge in [-0.15, -0.1) is 63.4 Å². The molecule has 0 spiro atoms. The topological polar surface area (TPSA) is 73.8 Å².